The highest BCUT2D eigenvalue weighted by Crippen LogP contribution is 2.37. The van der Waals surface area contributed by atoms with Gasteiger partial charge in [-0.25, -0.2) is 4.98 Å². The molecule has 0 spiro atoms. The molecule has 6 nitrogen and oxygen atoms in total. The van der Waals surface area contributed by atoms with Gasteiger partial charge in [-0.1, -0.05) is 38.1 Å². The second-order valence-corrected chi connectivity index (χ2v) is 9.19. The van der Waals surface area contributed by atoms with Gasteiger partial charge in [0.2, 0.25) is 5.91 Å². The molecule has 0 radical (unpaired) electrons. The Morgan fingerprint density at radius 2 is 1.97 bits per heavy atom. The Labute approximate surface area is 191 Å². The molecule has 7 heteroatoms. The van der Waals surface area contributed by atoms with E-state index < -0.39 is 0 Å². The van der Waals surface area contributed by atoms with Crippen molar-refractivity contribution in [2.75, 3.05) is 23.9 Å². The lowest BCUT2D eigenvalue weighted by Gasteiger charge is -2.26. The minimum Gasteiger partial charge on any atom is -0.482 e. The molecule has 3 aromatic rings. The van der Waals surface area contributed by atoms with Gasteiger partial charge >= 0.3 is 0 Å². The molecule has 1 N–H and O–H groups in total. The minimum atomic E-state index is -0.234. The molecule has 0 atom stereocenters. The van der Waals surface area contributed by atoms with Crippen molar-refractivity contribution in [1.82, 2.24) is 4.98 Å². The number of fused-ring (bicyclic) bond motifs is 1. The molecule has 1 aliphatic heterocycles. The lowest BCUT2D eigenvalue weighted by molar-refractivity contribution is -0.121. The zero-order valence-electron chi connectivity index (χ0n) is 18.5. The Balaban J connectivity index is 1.48. The SMILES string of the molecule is Cc1sc(NC(=O)/C=C/c2ccc(C(C)C)cc2)nc1-c1ccc2c(c1)N(C)C(=O)CO2. The fourth-order valence-corrected chi connectivity index (χ4v) is 4.29. The van der Waals surface area contributed by atoms with Crippen LogP contribution in [0, 0.1) is 6.92 Å². The van der Waals surface area contributed by atoms with E-state index in [1.807, 2.05) is 37.3 Å². The summed E-state index contributed by atoms with van der Waals surface area (Å²) in [6, 6.07) is 13.8. The van der Waals surface area contributed by atoms with Crippen LogP contribution in [0.5, 0.6) is 5.75 Å². The number of nitrogens with one attached hydrogen (secondary N) is 1. The van der Waals surface area contributed by atoms with Crippen LogP contribution in [0.3, 0.4) is 0 Å². The van der Waals surface area contributed by atoms with E-state index in [-0.39, 0.29) is 18.4 Å². The van der Waals surface area contributed by atoms with Crippen LogP contribution in [0.4, 0.5) is 10.8 Å². The van der Waals surface area contributed by atoms with Crippen molar-refractivity contribution in [3.8, 4) is 17.0 Å². The number of aryl methyl sites for hydroxylation is 1. The Kier molecular flexibility index (Phi) is 6.10. The van der Waals surface area contributed by atoms with E-state index in [4.69, 9.17) is 4.74 Å². The summed E-state index contributed by atoms with van der Waals surface area (Å²) in [5, 5.41) is 3.37. The number of hydrogen-bond acceptors (Lipinski definition) is 5. The molecule has 0 saturated carbocycles. The molecule has 0 unspecified atom stereocenters. The maximum Gasteiger partial charge on any atom is 0.264 e. The van der Waals surface area contributed by atoms with E-state index >= 15 is 0 Å². The topological polar surface area (TPSA) is 71.5 Å². The Morgan fingerprint density at radius 1 is 1.22 bits per heavy atom. The van der Waals surface area contributed by atoms with Gasteiger partial charge < -0.3 is 9.64 Å². The Bertz CT molecular complexity index is 1200. The summed E-state index contributed by atoms with van der Waals surface area (Å²) in [5.41, 5.74) is 4.58. The molecular formula is C25H25N3O3S. The molecule has 164 valence electrons. The predicted molar refractivity (Wildman–Crippen MR) is 129 cm³/mol. The number of carbonyl (C=O) groups excluding carboxylic acids is 2. The zero-order valence-corrected chi connectivity index (χ0v) is 19.3. The van der Waals surface area contributed by atoms with Gasteiger partial charge in [0, 0.05) is 23.6 Å². The molecule has 1 aromatic heterocycles. The fourth-order valence-electron chi connectivity index (χ4n) is 3.45. The average Bonchev–Trinajstić information content (AvgIpc) is 3.14. The molecule has 4 rings (SSSR count). The smallest absolute Gasteiger partial charge is 0.264 e. The normalized spacial score (nSPS) is 13.4. The first kappa shape index (κ1) is 21.8. The monoisotopic (exact) mass is 447 g/mol. The van der Waals surface area contributed by atoms with Gasteiger partial charge in [-0.15, -0.1) is 11.3 Å². The van der Waals surface area contributed by atoms with Crippen LogP contribution < -0.4 is 15.0 Å². The number of thiazole rings is 1. The molecule has 32 heavy (non-hydrogen) atoms. The van der Waals surface area contributed by atoms with E-state index in [1.165, 1.54) is 23.0 Å². The van der Waals surface area contributed by atoms with Crippen molar-refractivity contribution in [1.29, 1.82) is 0 Å². The van der Waals surface area contributed by atoms with Crippen LogP contribution in [-0.2, 0) is 9.59 Å². The van der Waals surface area contributed by atoms with Gasteiger partial charge in [0.05, 0.1) is 11.4 Å². The number of anilines is 2. The third-order valence-corrected chi connectivity index (χ3v) is 6.26. The van der Waals surface area contributed by atoms with E-state index in [0.29, 0.717) is 22.5 Å². The number of aromatic nitrogens is 1. The van der Waals surface area contributed by atoms with Crippen molar-refractivity contribution in [3.05, 3.63) is 64.5 Å². The number of ether oxygens (including phenoxy) is 1. The quantitative estimate of drug-likeness (QED) is 0.543. The van der Waals surface area contributed by atoms with E-state index in [2.05, 4.69) is 36.3 Å². The van der Waals surface area contributed by atoms with E-state index in [9.17, 15) is 9.59 Å². The summed E-state index contributed by atoms with van der Waals surface area (Å²) in [4.78, 5) is 31.5. The fraction of sp³-hybridized carbons (Fsp3) is 0.240. The van der Waals surface area contributed by atoms with Gasteiger partial charge in [0.1, 0.15) is 5.75 Å². The van der Waals surface area contributed by atoms with Gasteiger partial charge in [-0.3, -0.25) is 14.9 Å². The molecule has 0 aliphatic carbocycles. The van der Waals surface area contributed by atoms with Gasteiger partial charge in [0.25, 0.3) is 5.91 Å². The molecule has 2 amide bonds. The van der Waals surface area contributed by atoms with Crippen molar-refractivity contribution in [2.45, 2.75) is 26.7 Å². The average molecular weight is 448 g/mol. The van der Waals surface area contributed by atoms with Gasteiger partial charge in [-0.05, 0) is 48.2 Å². The Morgan fingerprint density at radius 3 is 2.69 bits per heavy atom. The number of rotatable bonds is 5. The second-order valence-electron chi connectivity index (χ2n) is 7.99. The summed E-state index contributed by atoms with van der Waals surface area (Å²) in [7, 11) is 1.73. The van der Waals surface area contributed by atoms with Crippen molar-refractivity contribution < 1.29 is 14.3 Å². The van der Waals surface area contributed by atoms with Crippen LogP contribution >= 0.6 is 11.3 Å². The Hall–Kier alpha value is -3.45. The third kappa shape index (κ3) is 4.57. The number of likely N-dealkylation sites (N-methyl/N-ethyl adjacent to an activating group) is 1. The molecular weight excluding hydrogens is 422 g/mol. The van der Waals surface area contributed by atoms with E-state index in [0.717, 1.165) is 21.7 Å². The maximum atomic E-state index is 12.4. The molecule has 2 aromatic carbocycles. The third-order valence-electron chi connectivity index (χ3n) is 5.38. The highest BCUT2D eigenvalue weighted by Gasteiger charge is 2.23. The summed E-state index contributed by atoms with van der Waals surface area (Å²) in [6.07, 6.45) is 3.30. The molecule has 0 bridgehead atoms. The standard InChI is InChI=1S/C25H25N3O3S/c1-15(2)18-8-5-17(6-9-18)7-12-22(29)26-25-27-24(16(3)32-25)19-10-11-21-20(13-19)28(4)23(30)14-31-21/h5-13,15H,14H2,1-4H3,(H,26,27,29)/b12-7+. The molecule has 1 aliphatic rings. The summed E-state index contributed by atoms with van der Waals surface area (Å²) in [5.74, 6) is 0.816. The second kappa shape index (κ2) is 8.96. The van der Waals surface area contributed by atoms with Crippen LogP contribution in [-0.4, -0.2) is 30.5 Å². The van der Waals surface area contributed by atoms with Crippen molar-refractivity contribution >= 4 is 40.0 Å². The van der Waals surface area contributed by atoms with Crippen LogP contribution in [0.2, 0.25) is 0 Å². The predicted octanol–water partition coefficient (Wildman–Crippen LogP) is 5.25. The molecule has 2 heterocycles. The van der Waals surface area contributed by atoms with Crippen LogP contribution in [0.15, 0.2) is 48.5 Å². The number of benzene rings is 2. The summed E-state index contributed by atoms with van der Waals surface area (Å²) >= 11 is 1.41. The first-order chi connectivity index (χ1) is 15.3. The zero-order chi connectivity index (χ0) is 22.8. The first-order valence-corrected chi connectivity index (χ1v) is 11.2. The summed E-state index contributed by atoms with van der Waals surface area (Å²) in [6.45, 7) is 6.31. The van der Waals surface area contributed by atoms with Gasteiger partial charge in [0.15, 0.2) is 11.7 Å². The van der Waals surface area contributed by atoms with Crippen molar-refractivity contribution in [2.24, 2.45) is 0 Å². The van der Waals surface area contributed by atoms with Crippen molar-refractivity contribution in [3.63, 3.8) is 0 Å². The maximum absolute atomic E-state index is 12.4. The minimum absolute atomic E-state index is 0.0458. The molecule has 0 fully saturated rings. The largest absolute Gasteiger partial charge is 0.482 e. The molecule has 0 saturated heterocycles. The first-order valence-electron chi connectivity index (χ1n) is 10.4. The lowest BCUT2D eigenvalue weighted by Crippen LogP contribution is -2.35. The number of nitrogens with zero attached hydrogens (tertiary/aromatic N) is 2. The van der Waals surface area contributed by atoms with Crippen LogP contribution in [0.1, 0.15) is 35.8 Å². The lowest BCUT2D eigenvalue weighted by atomic mass is 10.0. The van der Waals surface area contributed by atoms with Gasteiger partial charge in [-0.2, -0.15) is 0 Å². The highest BCUT2D eigenvalue weighted by molar-refractivity contribution is 7.16. The number of carbonyl (C=O) groups is 2. The number of hydrogen-bond donors (Lipinski definition) is 1. The summed E-state index contributed by atoms with van der Waals surface area (Å²) < 4.78 is 5.49. The van der Waals surface area contributed by atoms with Crippen LogP contribution in [0.25, 0.3) is 17.3 Å². The number of amides is 2. The van der Waals surface area contributed by atoms with E-state index in [1.54, 1.807) is 18.0 Å². The highest BCUT2D eigenvalue weighted by atomic mass is 32.1.